The molecule has 0 aliphatic heterocycles. The van der Waals surface area contributed by atoms with E-state index in [9.17, 15) is 9.59 Å². The lowest BCUT2D eigenvalue weighted by Gasteiger charge is -2.08. The Bertz CT molecular complexity index is 440. The Morgan fingerprint density at radius 3 is 2.76 bits per heavy atom. The Morgan fingerprint density at radius 2 is 2.18 bits per heavy atom. The quantitative estimate of drug-likeness (QED) is 0.840. The minimum atomic E-state index is -0.639. The third-order valence-corrected chi connectivity index (χ3v) is 2.68. The molecule has 0 aromatic heterocycles. The number of hydrogen-bond acceptors (Lipinski definition) is 3. The van der Waals surface area contributed by atoms with Crippen LogP contribution in [0.3, 0.4) is 0 Å². The lowest BCUT2D eigenvalue weighted by molar-refractivity contribution is -0.117. The van der Waals surface area contributed by atoms with E-state index in [0.717, 1.165) is 4.47 Å². The number of ether oxygens (including phenoxy) is 1. The molecule has 5 nitrogen and oxygen atoms in total. The Morgan fingerprint density at radius 1 is 1.47 bits per heavy atom. The van der Waals surface area contributed by atoms with Crippen LogP contribution in [0.4, 0.5) is 10.5 Å². The van der Waals surface area contributed by atoms with Crippen molar-refractivity contribution in [1.82, 2.24) is 5.32 Å². The van der Waals surface area contributed by atoms with Gasteiger partial charge >= 0.3 is 6.03 Å². The molecule has 2 N–H and O–H groups in total. The molecule has 0 saturated heterocycles. The normalized spacial score (nSPS) is 9.59. The predicted octanol–water partition coefficient (Wildman–Crippen LogP) is 2.34. The summed E-state index contributed by atoms with van der Waals surface area (Å²) in [5, 5.41) is 4.54. The summed E-state index contributed by atoms with van der Waals surface area (Å²) in [6.07, 6.45) is 0. The van der Waals surface area contributed by atoms with Crippen LogP contribution in [0, 0.1) is 0 Å². The Balaban J connectivity index is 2.68. The Labute approximate surface area is 112 Å². The largest absolute Gasteiger partial charge is 0.495 e. The highest BCUT2D eigenvalue weighted by Crippen LogP contribution is 2.27. The number of anilines is 1. The van der Waals surface area contributed by atoms with E-state index in [-0.39, 0.29) is 5.88 Å². The third-order valence-electron chi connectivity index (χ3n) is 1.78. The van der Waals surface area contributed by atoms with Crippen LogP contribution in [0.2, 0.25) is 0 Å². The van der Waals surface area contributed by atoms with Crippen molar-refractivity contribution in [2.24, 2.45) is 0 Å². The highest BCUT2D eigenvalue weighted by Gasteiger charge is 2.08. The number of amides is 3. The molecule has 0 aliphatic carbocycles. The fraction of sp³-hybridized carbons (Fsp3) is 0.200. The number of halogens is 2. The summed E-state index contributed by atoms with van der Waals surface area (Å²) in [7, 11) is 1.51. The lowest BCUT2D eigenvalue weighted by Crippen LogP contribution is -2.35. The van der Waals surface area contributed by atoms with Gasteiger partial charge in [0.2, 0.25) is 5.91 Å². The summed E-state index contributed by atoms with van der Waals surface area (Å²) in [6.45, 7) is 0. The van der Waals surface area contributed by atoms with E-state index in [0.29, 0.717) is 11.4 Å². The van der Waals surface area contributed by atoms with Crippen LogP contribution in [0.25, 0.3) is 0 Å². The van der Waals surface area contributed by atoms with Crippen molar-refractivity contribution in [2.45, 2.75) is 0 Å². The zero-order valence-electron chi connectivity index (χ0n) is 8.92. The summed E-state index contributed by atoms with van der Waals surface area (Å²) in [5.74, 6) is -0.253. The number of rotatable bonds is 3. The average Bonchev–Trinajstić information content (AvgIpc) is 2.31. The first-order valence-corrected chi connectivity index (χ1v) is 5.90. The second-order valence-electron chi connectivity index (χ2n) is 2.99. The van der Waals surface area contributed by atoms with Gasteiger partial charge in [0.1, 0.15) is 11.6 Å². The molecule has 0 aliphatic rings. The number of methoxy groups -OCH3 is 1. The van der Waals surface area contributed by atoms with E-state index < -0.39 is 11.9 Å². The highest BCUT2D eigenvalue weighted by molar-refractivity contribution is 9.10. The van der Waals surface area contributed by atoms with Crippen LogP contribution in [-0.2, 0) is 4.79 Å². The number of alkyl halides is 1. The fourth-order valence-electron chi connectivity index (χ4n) is 1.06. The van der Waals surface area contributed by atoms with E-state index in [4.69, 9.17) is 16.3 Å². The van der Waals surface area contributed by atoms with Crippen molar-refractivity contribution < 1.29 is 14.3 Å². The number of carbonyl (C=O) groups excluding carboxylic acids is 2. The van der Waals surface area contributed by atoms with Crippen LogP contribution in [-0.4, -0.2) is 24.9 Å². The van der Waals surface area contributed by atoms with Crippen molar-refractivity contribution in [3.8, 4) is 5.75 Å². The molecule has 0 unspecified atom stereocenters. The molecule has 1 rings (SSSR count). The monoisotopic (exact) mass is 320 g/mol. The summed E-state index contributed by atoms with van der Waals surface area (Å²) >= 11 is 8.53. The number of benzene rings is 1. The van der Waals surface area contributed by atoms with Gasteiger partial charge in [-0.25, -0.2) is 4.79 Å². The second kappa shape index (κ2) is 6.46. The maximum absolute atomic E-state index is 11.3. The van der Waals surface area contributed by atoms with Gasteiger partial charge in [0.15, 0.2) is 0 Å². The van der Waals surface area contributed by atoms with Gasteiger partial charge in [0, 0.05) is 11.8 Å². The molecule has 1 aromatic carbocycles. The average molecular weight is 322 g/mol. The van der Waals surface area contributed by atoms with Gasteiger partial charge in [0.05, 0.1) is 11.6 Å². The summed E-state index contributed by atoms with van der Waals surface area (Å²) in [4.78, 5) is 22.2. The number of nitrogens with one attached hydrogen (secondary N) is 2. The van der Waals surface area contributed by atoms with Crippen LogP contribution in [0.15, 0.2) is 22.7 Å². The first kappa shape index (κ1) is 13.8. The van der Waals surface area contributed by atoms with Gasteiger partial charge < -0.3 is 10.1 Å². The molecule has 0 fully saturated rings. The topological polar surface area (TPSA) is 67.4 Å². The van der Waals surface area contributed by atoms with Crippen LogP contribution in [0.5, 0.6) is 5.75 Å². The minimum absolute atomic E-state index is 0.267. The molecule has 92 valence electrons. The molecular weight excluding hydrogens is 311 g/mol. The molecule has 0 radical (unpaired) electrons. The minimum Gasteiger partial charge on any atom is -0.495 e. The zero-order chi connectivity index (χ0) is 12.8. The molecule has 7 heteroatoms. The highest BCUT2D eigenvalue weighted by atomic mass is 79.9. The first-order valence-electron chi connectivity index (χ1n) is 4.57. The molecular formula is C10H10BrClN2O3. The van der Waals surface area contributed by atoms with Gasteiger partial charge in [-0.05, 0) is 28.1 Å². The summed E-state index contributed by atoms with van der Waals surface area (Å²) in [5.41, 5.74) is 0.505. The van der Waals surface area contributed by atoms with E-state index in [1.54, 1.807) is 18.2 Å². The van der Waals surface area contributed by atoms with Gasteiger partial charge in [-0.15, -0.1) is 11.6 Å². The molecule has 1 aromatic rings. The predicted molar refractivity (Wildman–Crippen MR) is 68.6 cm³/mol. The van der Waals surface area contributed by atoms with Crippen LogP contribution >= 0.6 is 27.5 Å². The maximum atomic E-state index is 11.3. The Hall–Kier alpha value is -1.27. The SMILES string of the molecule is COc1cc(NC(=O)NC(=O)CCl)ccc1Br. The van der Waals surface area contributed by atoms with Crippen LogP contribution in [0.1, 0.15) is 0 Å². The number of hydrogen-bond donors (Lipinski definition) is 2. The number of carbonyl (C=O) groups is 2. The lowest BCUT2D eigenvalue weighted by atomic mass is 10.3. The van der Waals surface area contributed by atoms with Gasteiger partial charge in [0.25, 0.3) is 0 Å². The summed E-state index contributed by atoms with van der Waals surface area (Å²) < 4.78 is 5.83. The van der Waals surface area contributed by atoms with Crippen LogP contribution < -0.4 is 15.4 Å². The second-order valence-corrected chi connectivity index (χ2v) is 4.11. The molecule has 17 heavy (non-hydrogen) atoms. The van der Waals surface area contributed by atoms with Crippen molar-refractivity contribution in [3.05, 3.63) is 22.7 Å². The maximum Gasteiger partial charge on any atom is 0.325 e. The molecule has 3 amide bonds. The van der Waals surface area contributed by atoms with Crippen molar-refractivity contribution in [2.75, 3.05) is 18.3 Å². The van der Waals surface area contributed by atoms with E-state index in [1.807, 2.05) is 0 Å². The first-order chi connectivity index (χ1) is 8.06. The number of imide groups is 1. The fourth-order valence-corrected chi connectivity index (χ4v) is 1.54. The van der Waals surface area contributed by atoms with Crippen molar-refractivity contribution >= 4 is 45.2 Å². The van der Waals surface area contributed by atoms with Crippen molar-refractivity contribution in [3.63, 3.8) is 0 Å². The molecule has 0 heterocycles. The van der Waals surface area contributed by atoms with E-state index in [1.165, 1.54) is 7.11 Å². The number of urea groups is 1. The molecule has 0 spiro atoms. The molecule has 0 atom stereocenters. The van der Waals surface area contributed by atoms with Gasteiger partial charge in [-0.1, -0.05) is 0 Å². The summed E-state index contributed by atoms with van der Waals surface area (Å²) in [6, 6.07) is 4.37. The van der Waals surface area contributed by atoms with E-state index >= 15 is 0 Å². The standard InChI is InChI=1S/C10H10BrClN2O3/c1-17-8-4-6(2-3-7(8)11)13-10(16)14-9(15)5-12/h2-4H,5H2,1H3,(H2,13,14,15,16). The van der Waals surface area contributed by atoms with Crippen molar-refractivity contribution in [1.29, 1.82) is 0 Å². The zero-order valence-corrected chi connectivity index (χ0v) is 11.3. The molecule has 0 saturated carbocycles. The third kappa shape index (κ3) is 4.24. The van der Waals surface area contributed by atoms with E-state index in [2.05, 4.69) is 26.6 Å². The van der Waals surface area contributed by atoms with Gasteiger partial charge in [-0.3, -0.25) is 10.1 Å². The molecule has 0 bridgehead atoms. The Kier molecular flexibility index (Phi) is 5.24. The van der Waals surface area contributed by atoms with Gasteiger partial charge in [-0.2, -0.15) is 0 Å². The smallest absolute Gasteiger partial charge is 0.325 e.